The van der Waals surface area contributed by atoms with Crippen LogP contribution in [0.4, 0.5) is 0 Å². The van der Waals surface area contributed by atoms with Crippen molar-refractivity contribution in [1.29, 1.82) is 0 Å². The molecular weight excluding hydrogens is 789 g/mol. The average molecular weight is 871 g/mol. The van der Waals surface area contributed by atoms with Crippen molar-refractivity contribution in [3.8, 4) is 5.75 Å². The minimum absolute atomic E-state index is 0.00886. The van der Waals surface area contributed by atoms with Gasteiger partial charge in [-0.15, -0.1) is 0 Å². The lowest BCUT2D eigenvalue weighted by molar-refractivity contribution is -0.276. The van der Waals surface area contributed by atoms with Crippen LogP contribution in [0.15, 0.2) is 48.6 Å². The normalized spacial score (nSPS) is 33.1. The van der Waals surface area contributed by atoms with E-state index < -0.39 is 16.6 Å². The Bertz CT molecular complexity index is 1570. The second kappa shape index (κ2) is 20.4. The van der Waals surface area contributed by atoms with Crippen LogP contribution in [-0.4, -0.2) is 97.7 Å². The van der Waals surface area contributed by atoms with E-state index in [0.717, 1.165) is 73.7 Å². The smallest absolute Gasteiger partial charge is 0.192 e. The van der Waals surface area contributed by atoms with Crippen molar-refractivity contribution in [2.75, 3.05) is 13.7 Å². The minimum Gasteiger partial charge on any atom is -0.497 e. The lowest BCUT2D eigenvalue weighted by Gasteiger charge is -2.53. The number of benzene rings is 1. The van der Waals surface area contributed by atoms with Crippen LogP contribution in [0, 0.1) is 11.8 Å². The van der Waals surface area contributed by atoms with Crippen molar-refractivity contribution >= 4 is 22.9 Å². The van der Waals surface area contributed by atoms with Crippen LogP contribution in [0.3, 0.4) is 0 Å². The Labute approximate surface area is 366 Å². The molecular formula is C49H82O9Si2. The summed E-state index contributed by atoms with van der Waals surface area (Å²) < 4.78 is 54.1. The van der Waals surface area contributed by atoms with Crippen LogP contribution < -0.4 is 4.74 Å². The first-order valence-electron chi connectivity index (χ1n) is 23.0. The van der Waals surface area contributed by atoms with Crippen molar-refractivity contribution in [2.24, 2.45) is 11.8 Å². The molecule has 11 heteroatoms. The third-order valence-corrected chi connectivity index (χ3v) is 24.0. The zero-order chi connectivity index (χ0) is 44.2. The largest absolute Gasteiger partial charge is 0.497 e. The summed E-state index contributed by atoms with van der Waals surface area (Å²) >= 11 is 0. The summed E-state index contributed by atoms with van der Waals surface area (Å²) in [6.07, 6.45) is 6.92. The number of aldehydes is 1. The van der Waals surface area contributed by atoms with Crippen LogP contribution in [0.25, 0.3) is 0 Å². The van der Waals surface area contributed by atoms with E-state index in [2.05, 4.69) is 107 Å². The second-order valence-electron chi connectivity index (χ2n) is 21.5. The van der Waals surface area contributed by atoms with Gasteiger partial charge in [-0.25, -0.2) is 0 Å². The minimum atomic E-state index is -2.15. The molecule has 4 heterocycles. The maximum Gasteiger partial charge on any atom is 0.192 e. The highest BCUT2D eigenvalue weighted by molar-refractivity contribution is 6.74. The predicted molar refractivity (Wildman–Crippen MR) is 246 cm³/mol. The summed E-state index contributed by atoms with van der Waals surface area (Å²) in [6.45, 7) is 37.7. The van der Waals surface area contributed by atoms with Gasteiger partial charge in [0.2, 0.25) is 0 Å². The zero-order valence-electron chi connectivity index (χ0n) is 39.7. The SMILES string of the molecule is C=C1C[C@H](CCC=O)O[C@H]1CC[C@H]1C[C@@H](C)C(=C)[C@@H](C[C@@H]2O[C@H]3C[C@@H](O[Si](C)(C)C(C)(C)C)[C@@H](CCO[Si](C)(C)C(C)(C)C)O[C@H]3[C@H](C)[C@H]2OCc2ccc(OC)cc2)O1. The highest BCUT2D eigenvalue weighted by Crippen LogP contribution is 2.45. The number of fused-ring (bicyclic) bond motifs is 1. The van der Waals surface area contributed by atoms with Gasteiger partial charge in [-0.05, 0) is 110 Å². The molecule has 0 spiro atoms. The van der Waals surface area contributed by atoms with Gasteiger partial charge in [0.05, 0.1) is 74.8 Å². The first-order valence-corrected chi connectivity index (χ1v) is 28.8. The van der Waals surface area contributed by atoms with E-state index in [-0.39, 0.29) is 77.0 Å². The van der Waals surface area contributed by atoms with Crippen molar-refractivity contribution in [2.45, 2.75) is 217 Å². The Kier molecular flexibility index (Phi) is 16.8. The fourth-order valence-corrected chi connectivity index (χ4v) is 11.4. The fraction of sp³-hybridized carbons (Fsp3) is 0.776. The number of carbonyl (C=O) groups is 1. The molecule has 0 N–H and O–H groups in total. The molecule has 4 fully saturated rings. The Morgan fingerprint density at radius 2 is 1.47 bits per heavy atom. The third kappa shape index (κ3) is 12.3. The average Bonchev–Trinajstić information content (AvgIpc) is 3.52. The molecule has 1 aromatic carbocycles. The Hall–Kier alpha value is -1.68. The number of hydrogen-bond donors (Lipinski definition) is 0. The number of carbonyl (C=O) groups excluding carboxylic acids is 1. The maximum absolute atomic E-state index is 11.0. The Balaban J connectivity index is 1.36. The monoisotopic (exact) mass is 871 g/mol. The molecule has 5 rings (SSSR count). The van der Waals surface area contributed by atoms with Gasteiger partial charge in [0, 0.05) is 31.8 Å². The molecule has 4 aliphatic rings. The quantitative estimate of drug-likeness (QED) is 0.0812. The zero-order valence-corrected chi connectivity index (χ0v) is 41.7. The molecule has 0 bridgehead atoms. The van der Waals surface area contributed by atoms with Gasteiger partial charge >= 0.3 is 0 Å². The van der Waals surface area contributed by atoms with Crippen LogP contribution in [-0.2, 0) is 43.9 Å². The Morgan fingerprint density at radius 3 is 2.10 bits per heavy atom. The van der Waals surface area contributed by atoms with Gasteiger partial charge in [-0.1, -0.05) is 80.7 Å². The van der Waals surface area contributed by atoms with E-state index in [1.54, 1.807) is 7.11 Å². The van der Waals surface area contributed by atoms with Crippen LogP contribution in [0.2, 0.25) is 36.3 Å². The van der Waals surface area contributed by atoms with E-state index in [4.69, 9.17) is 37.3 Å². The summed E-state index contributed by atoms with van der Waals surface area (Å²) in [7, 11) is -2.41. The molecule has 4 aliphatic heterocycles. The first-order chi connectivity index (χ1) is 28.0. The second-order valence-corrected chi connectivity index (χ2v) is 31.1. The lowest BCUT2D eigenvalue weighted by atomic mass is 9.79. The third-order valence-electron chi connectivity index (χ3n) is 15.0. The molecule has 60 heavy (non-hydrogen) atoms. The number of ether oxygens (including phenoxy) is 6. The van der Waals surface area contributed by atoms with Crippen molar-refractivity contribution in [1.82, 2.24) is 0 Å². The number of methoxy groups -OCH3 is 1. The van der Waals surface area contributed by atoms with E-state index in [9.17, 15) is 4.79 Å². The summed E-state index contributed by atoms with van der Waals surface area (Å²) in [5.74, 6) is 1.18. The molecule has 12 atom stereocenters. The van der Waals surface area contributed by atoms with E-state index in [0.29, 0.717) is 32.0 Å². The highest BCUT2D eigenvalue weighted by Gasteiger charge is 2.53. The predicted octanol–water partition coefficient (Wildman–Crippen LogP) is 11.2. The molecule has 0 radical (unpaired) electrons. The summed E-state index contributed by atoms with van der Waals surface area (Å²) in [5, 5.41) is 0.182. The highest BCUT2D eigenvalue weighted by atomic mass is 28.4. The van der Waals surface area contributed by atoms with Crippen molar-refractivity contribution in [3.05, 3.63) is 54.1 Å². The fourth-order valence-electron chi connectivity index (χ4n) is 8.93. The Morgan fingerprint density at radius 1 is 0.800 bits per heavy atom. The summed E-state index contributed by atoms with van der Waals surface area (Å²) in [5.41, 5.74) is 3.32. The van der Waals surface area contributed by atoms with Gasteiger partial charge in [-0.3, -0.25) is 0 Å². The van der Waals surface area contributed by atoms with Gasteiger partial charge in [0.1, 0.15) is 12.0 Å². The van der Waals surface area contributed by atoms with Crippen LogP contribution in [0.5, 0.6) is 5.75 Å². The first kappa shape index (κ1) is 49.3. The molecule has 0 aliphatic carbocycles. The maximum atomic E-state index is 11.0. The summed E-state index contributed by atoms with van der Waals surface area (Å²) in [6, 6.07) is 8.09. The molecule has 0 amide bonds. The van der Waals surface area contributed by atoms with E-state index in [1.165, 1.54) is 0 Å². The molecule has 0 aromatic heterocycles. The van der Waals surface area contributed by atoms with Crippen LogP contribution >= 0.6 is 0 Å². The van der Waals surface area contributed by atoms with Crippen molar-refractivity contribution < 1.29 is 42.1 Å². The van der Waals surface area contributed by atoms with Gasteiger partial charge in [0.25, 0.3) is 0 Å². The molecule has 0 saturated carbocycles. The summed E-state index contributed by atoms with van der Waals surface area (Å²) in [4.78, 5) is 11.0. The number of hydrogen-bond acceptors (Lipinski definition) is 9. The van der Waals surface area contributed by atoms with E-state index in [1.807, 2.05) is 12.1 Å². The van der Waals surface area contributed by atoms with Crippen LogP contribution in [0.1, 0.15) is 119 Å². The van der Waals surface area contributed by atoms with Gasteiger partial charge in [-0.2, -0.15) is 0 Å². The molecule has 340 valence electrons. The van der Waals surface area contributed by atoms with Gasteiger partial charge < -0.3 is 42.1 Å². The van der Waals surface area contributed by atoms with Gasteiger partial charge in [0.15, 0.2) is 16.6 Å². The molecule has 4 saturated heterocycles. The lowest BCUT2D eigenvalue weighted by Crippen LogP contribution is -2.62. The molecule has 9 nitrogen and oxygen atoms in total. The molecule has 1 aromatic rings. The molecule has 0 unspecified atom stereocenters. The standard InChI is InChI=1S/C49H82O9Si2/c1-32-27-39(22-23-40-33(2)28-38(54-40)17-16-25-50)55-42(34(32)3)29-44-46(52-31-36-18-20-37(51-11)21-19-36)35(4)47-45(56-44)30-43(58-60(14,15)49(8,9)10)41(57-47)24-26-53-59(12,13)48(5,6)7/h18-21,25,32,35,38-47H,2-3,16-17,22-24,26-31H2,1,4-15H3/t32-,35-,38+,39+,40+,41-,42-,43-,44+,45+,46-,47+/m1/s1. The van der Waals surface area contributed by atoms with Crippen molar-refractivity contribution in [3.63, 3.8) is 0 Å². The number of rotatable bonds is 18. The van der Waals surface area contributed by atoms with E-state index >= 15 is 0 Å². The topological polar surface area (TPSA) is 90.9 Å².